The molecule has 4 N–H and O–H groups in total. The zero-order chi connectivity index (χ0) is 75.1. The highest BCUT2D eigenvalue weighted by molar-refractivity contribution is 6.20. The smallest absolute Gasteiger partial charge is 0.343 e. The molecule has 13 atom stereocenters. The van der Waals surface area contributed by atoms with Crippen LogP contribution >= 0.6 is 11.6 Å². The maximum Gasteiger partial charge on any atom is 0.393 e. The highest BCUT2D eigenvalue weighted by Gasteiger charge is 2.56. The number of alkyl halides is 9. The second-order valence-electron chi connectivity index (χ2n) is 30.9. The Morgan fingerprint density at radius 3 is 1.79 bits per heavy atom. The van der Waals surface area contributed by atoms with E-state index in [2.05, 4.69) is 21.3 Å². The van der Waals surface area contributed by atoms with Gasteiger partial charge in [0, 0.05) is 66.0 Å². The Labute approximate surface area is 593 Å². The number of hydrogen-bond donors (Lipinski definition) is 4. The van der Waals surface area contributed by atoms with Crippen LogP contribution in [0.3, 0.4) is 0 Å². The summed E-state index contributed by atoms with van der Waals surface area (Å²) in [6.07, 6.45) is -7.66. The zero-order valence-electron chi connectivity index (χ0n) is 60.4. The molecule has 572 valence electrons. The van der Waals surface area contributed by atoms with E-state index in [-0.39, 0.29) is 109 Å². The van der Waals surface area contributed by atoms with Crippen molar-refractivity contribution in [3.05, 3.63) is 0 Å². The van der Waals surface area contributed by atoms with E-state index in [0.29, 0.717) is 37.0 Å². The molecule has 7 rings (SSSR count). The fourth-order valence-corrected chi connectivity index (χ4v) is 16.8. The summed E-state index contributed by atoms with van der Waals surface area (Å²) in [5.41, 5.74) is -1.78. The second kappa shape index (κ2) is 34.2. The number of rotatable bonds is 10. The summed E-state index contributed by atoms with van der Waals surface area (Å²) in [4.78, 5) is 171. The average molecular weight is 1470 g/mol. The van der Waals surface area contributed by atoms with Gasteiger partial charge in [-0.25, -0.2) is 8.78 Å². The summed E-state index contributed by atoms with van der Waals surface area (Å²) in [5, 5.41) is 9.51. The number of fused-ring (bicyclic) bond motifs is 2. The van der Waals surface area contributed by atoms with Crippen molar-refractivity contribution >= 4 is 76.6 Å². The molecule has 22 nitrogen and oxygen atoms in total. The third-order valence-electron chi connectivity index (χ3n) is 23.2. The fraction of sp³-hybridized carbons (Fsp3) is 0.843. The summed E-state index contributed by atoms with van der Waals surface area (Å²) in [6, 6.07) is -12.1. The molecule has 3 unspecified atom stereocenters. The molecule has 7 aliphatic rings. The van der Waals surface area contributed by atoms with E-state index in [1.54, 1.807) is 20.8 Å². The van der Waals surface area contributed by atoms with Crippen LogP contribution in [0.15, 0.2) is 0 Å². The predicted molar refractivity (Wildman–Crippen MR) is 358 cm³/mol. The Balaban J connectivity index is 1.27. The van der Waals surface area contributed by atoms with Crippen LogP contribution in [0.2, 0.25) is 0 Å². The molecule has 0 aromatic carbocycles. The molecule has 0 aromatic rings. The maximum atomic E-state index is 16.1. The van der Waals surface area contributed by atoms with Crippen LogP contribution in [0.25, 0.3) is 0 Å². The van der Waals surface area contributed by atoms with Gasteiger partial charge >= 0.3 is 12.4 Å². The van der Waals surface area contributed by atoms with Gasteiger partial charge in [0.15, 0.2) is 0 Å². The van der Waals surface area contributed by atoms with E-state index in [9.17, 15) is 64.7 Å². The molecule has 3 heterocycles. The van der Waals surface area contributed by atoms with E-state index in [4.69, 9.17) is 11.6 Å². The Morgan fingerprint density at radius 1 is 0.604 bits per heavy atom. The monoisotopic (exact) mass is 1470 g/mol. The van der Waals surface area contributed by atoms with Crippen molar-refractivity contribution in [1.29, 1.82) is 0 Å². The van der Waals surface area contributed by atoms with Gasteiger partial charge in [0.2, 0.25) is 65.0 Å². The summed E-state index contributed by atoms with van der Waals surface area (Å²) in [5.74, 6) is -18.3. The minimum absolute atomic E-state index is 0.000743. The van der Waals surface area contributed by atoms with Crippen molar-refractivity contribution in [2.45, 2.75) is 279 Å². The molecule has 3 aliphatic heterocycles. The van der Waals surface area contributed by atoms with Crippen molar-refractivity contribution in [2.24, 2.45) is 41.4 Å². The number of amides is 11. The highest BCUT2D eigenvalue weighted by atomic mass is 35.5. The summed E-state index contributed by atoms with van der Waals surface area (Å²) in [6.45, 7) is 8.11. The molecule has 0 radical (unpaired) electrons. The second-order valence-corrected chi connectivity index (χ2v) is 31.4. The number of carbonyl (C=O) groups excluding carboxylic acids is 11. The predicted octanol–water partition coefficient (Wildman–Crippen LogP) is 7.71. The number of nitrogens with one attached hydrogen (secondary N) is 4. The lowest BCUT2D eigenvalue weighted by Gasteiger charge is -2.43. The normalized spacial score (nSPS) is 32.8. The van der Waals surface area contributed by atoms with Gasteiger partial charge in [-0.05, 0) is 146 Å². The maximum absolute atomic E-state index is 16.1. The fourth-order valence-electron chi connectivity index (χ4n) is 16.3. The number of likely N-dealkylation sites (N-methyl/N-ethyl adjacent to an activating group) is 5. The Kier molecular flexibility index (Phi) is 27.8. The van der Waals surface area contributed by atoms with Gasteiger partial charge in [-0.1, -0.05) is 66.2 Å². The van der Waals surface area contributed by atoms with Crippen molar-refractivity contribution in [2.75, 3.05) is 54.9 Å². The van der Waals surface area contributed by atoms with Crippen LogP contribution in [0, 0.1) is 41.4 Å². The van der Waals surface area contributed by atoms with Crippen LogP contribution in [0.5, 0.6) is 0 Å². The minimum Gasteiger partial charge on any atom is -0.343 e. The number of nitrogens with zero attached hydrogens (tertiary/aromatic N) is 7. The van der Waals surface area contributed by atoms with Gasteiger partial charge in [0.1, 0.15) is 53.9 Å². The molecule has 101 heavy (non-hydrogen) atoms. The lowest BCUT2D eigenvalue weighted by Crippen LogP contribution is -2.65. The van der Waals surface area contributed by atoms with E-state index >= 15 is 23.2 Å². The van der Waals surface area contributed by atoms with E-state index in [1.807, 2.05) is 13.8 Å². The van der Waals surface area contributed by atoms with Crippen LogP contribution in [-0.2, 0) is 52.7 Å². The largest absolute Gasteiger partial charge is 0.393 e. The van der Waals surface area contributed by atoms with Gasteiger partial charge in [-0.2, -0.15) is 26.3 Å². The van der Waals surface area contributed by atoms with Crippen LogP contribution in [0.4, 0.5) is 35.1 Å². The van der Waals surface area contributed by atoms with E-state index in [0.717, 1.165) is 29.1 Å². The molecule has 1 spiro atoms. The van der Waals surface area contributed by atoms with Crippen molar-refractivity contribution in [3.8, 4) is 0 Å². The van der Waals surface area contributed by atoms with Crippen molar-refractivity contribution in [1.82, 2.24) is 55.6 Å². The van der Waals surface area contributed by atoms with Crippen LogP contribution in [0.1, 0.15) is 196 Å². The summed E-state index contributed by atoms with van der Waals surface area (Å²) < 4.78 is 116. The summed E-state index contributed by atoms with van der Waals surface area (Å²) >= 11 is 6.32. The Morgan fingerprint density at radius 2 is 1.23 bits per heavy atom. The number of halogens is 9. The van der Waals surface area contributed by atoms with Crippen LogP contribution < -0.4 is 21.3 Å². The Bertz CT molecular complexity index is 2980. The zero-order valence-corrected chi connectivity index (χ0v) is 61.2. The highest BCUT2D eigenvalue weighted by Crippen LogP contribution is 2.45. The summed E-state index contributed by atoms with van der Waals surface area (Å²) in [7, 11) is 6.92. The molecule has 31 heteroatoms. The topological polar surface area (TPSA) is 259 Å². The lowest BCUT2D eigenvalue weighted by molar-refractivity contribution is -0.184. The lowest BCUT2D eigenvalue weighted by atomic mass is 9.78. The number of hydrogen-bond acceptors (Lipinski definition) is 11. The van der Waals surface area contributed by atoms with Crippen LogP contribution in [-0.4, -0.2) is 238 Å². The third kappa shape index (κ3) is 20.0. The molecule has 11 amide bonds. The molecule has 0 bridgehead atoms. The molecular formula is C70H108ClF8N11O11. The first-order chi connectivity index (χ1) is 47.1. The number of carbonyl (C=O) groups is 11. The first-order valence-corrected chi connectivity index (χ1v) is 36.8. The van der Waals surface area contributed by atoms with Gasteiger partial charge in [-0.15, -0.1) is 11.6 Å². The molecule has 3 saturated heterocycles. The van der Waals surface area contributed by atoms with Gasteiger partial charge in [0.05, 0.1) is 24.9 Å². The van der Waals surface area contributed by atoms with E-state index in [1.165, 1.54) is 61.8 Å². The van der Waals surface area contributed by atoms with Gasteiger partial charge < -0.3 is 55.6 Å². The SMILES string of the molecule is CC[C@H](C)[C@@H]1NC(=O)[C@H](CC(C)C)N(C)C(=O)C[C@@H](C)N(C)C(=O)[C@H](C2CCCCC2)N(C)C(=O)C2(CCCC2)NC(=O)[C@@H]2CC(F)(F)CN2C(=O)[C@H](CCC2CCC(C(F)(F)F)C(Cl)C2)NC(=O)CN(C)C(=O)[C@H](CC2CCC(C(F)(F)F)CC2)NC(=O)[C@@H]2CCN2C(=O)[C@H](C)N(C)C1=O. The quantitative estimate of drug-likeness (QED) is 0.122. The third-order valence-corrected chi connectivity index (χ3v) is 23.7. The minimum atomic E-state index is -4.61. The molecule has 0 aromatic heterocycles. The molecule has 7 fully saturated rings. The first-order valence-electron chi connectivity index (χ1n) is 36.4. The van der Waals surface area contributed by atoms with Crippen molar-refractivity contribution in [3.63, 3.8) is 0 Å². The molecule has 4 aliphatic carbocycles. The molecular weight excluding hydrogens is 1360 g/mol. The van der Waals surface area contributed by atoms with Gasteiger partial charge in [0.25, 0.3) is 5.92 Å². The van der Waals surface area contributed by atoms with Gasteiger partial charge in [-0.3, -0.25) is 52.7 Å². The Hall–Kier alpha value is -6.10. The molecule has 4 saturated carbocycles. The first kappa shape index (κ1) is 82.2. The average Bonchev–Trinajstić information content (AvgIpc) is 1.58. The standard InChI is InChI=1S/C70H108ClF8N11O11/c1-12-40(4)56-64(99)86(9)42(6)61(96)89-31-28-51(89)58(93)81-50(35-44-20-24-46(25-21-44)69(74,75)76)62(97)84(7)37-54(91)80-49(27-23-43-22-26-47(48(71)34-43)70(77,78)79)63(98)90-38-68(72,73)36-53(90)60(95)83-67(29-16-17-30-67)66(101)88(11)57(45-18-14-13-15-19-45)65(100)85(8)41(5)33-55(92)87(10)52(32-39(2)3)59(94)82-56/h39-53,56-57H,12-38H2,1-11H3,(H,80,91)(H,81,93)(H,82,94)(H,83,95)/t40-,41+,42-,43?,44?,46?,47?,48?,49-,50-,51-,52-,53-,56-,57-/m0/s1. The van der Waals surface area contributed by atoms with E-state index < -0.39 is 204 Å². The van der Waals surface area contributed by atoms with Crippen molar-refractivity contribution < 1.29 is 87.9 Å².